The van der Waals surface area contributed by atoms with Crippen LogP contribution in [0.15, 0.2) is 29.3 Å². The lowest BCUT2D eigenvalue weighted by Gasteiger charge is -2.17. The third kappa shape index (κ3) is 9.45. The number of ether oxygens (including phenoxy) is 1. The van der Waals surface area contributed by atoms with Crippen molar-refractivity contribution in [1.82, 2.24) is 15.5 Å². The van der Waals surface area contributed by atoms with E-state index < -0.39 is 0 Å². The average molecular weight is 441 g/mol. The molecule has 0 aliphatic heterocycles. The highest BCUT2D eigenvalue weighted by Crippen LogP contribution is 2.08. The predicted molar refractivity (Wildman–Crippen MR) is 104 cm³/mol. The summed E-state index contributed by atoms with van der Waals surface area (Å²) in [5.74, 6) is 0.796. The second kappa shape index (κ2) is 12.9. The molecule has 0 radical (unpaired) electrons. The second-order valence-corrected chi connectivity index (χ2v) is 5.21. The average Bonchev–Trinajstić information content (AvgIpc) is 2.50. The highest BCUT2D eigenvalue weighted by atomic mass is 127. The highest BCUT2D eigenvalue weighted by molar-refractivity contribution is 14.0. The van der Waals surface area contributed by atoms with E-state index in [4.69, 9.17) is 16.3 Å². The fraction of sp³-hybridized carbons (Fsp3) is 0.533. The number of likely N-dealkylation sites (N-methyl/N-ethyl adjacent to an activating group) is 1. The summed E-state index contributed by atoms with van der Waals surface area (Å²) >= 11 is 5.87. The lowest BCUT2D eigenvalue weighted by atomic mass is 10.2. The number of methoxy groups -OCH3 is 1. The zero-order valence-corrected chi connectivity index (χ0v) is 16.5. The van der Waals surface area contributed by atoms with Gasteiger partial charge in [-0.2, -0.15) is 0 Å². The number of halogens is 2. The Balaban J connectivity index is 0.00000441. The van der Waals surface area contributed by atoms with Crippen LogP contribution in [0.5, 0.6) is 0 Å². The minimum Gasteiger partial charge on any atom is -0.383 e. The van der Waals surface area contributed by atoms with Crippen molar-refractivity contribution in [3.8, 4) is 0 Å². The van der Waals surface area contributed by atoms with Crippen molar-refractivity contribution in [2.45, 2.75) is 6.54 Å². The van der Waals surface area contributed by atoms with E-state index >= 15 is 0 Å². The maximum Gasteiger partial charge on any atom is 0.191 e. The molecule has 0 aromatic heterocycles. The zero-order valence-electron chi connectivity index (χ0n) is 13.4. The lowest BCUT2D eigenvalue weighted by molar-refractivity contribution is 0.162. The molecule has 0 saturated heterocycles. The van der Waals surface area contributed by atoms with Crippen LogP contribution in [0, 0.1) is 0 Å². The quantitative estimate of drug-likeness (QED) is 0.370. The number of benzene rings is 1. The van der Waals surface area contributed by atoms with E-state index in [1.807, 2.05) is 24.3 Å². The molecule has 0 spiro atoms. The minimum atomic E-state index is 0. The van der Waals surface area contributed by atoms with Crippen LogP contribution in [-0.2, 0) is 11.3 Å². The third-order valence-electron chi connectivity index (χ3n) is 3.06. The van der Waals surface area contributed by atoms with Gasteiger partial charge in [0.25, 0.3) is 0 Å². The minimum absolute atomic E-state index is 0. The van der Waals surface area contributed by atoms with Gasteiger partial charge >= 0.3 is 0 Å². The van der Waals surface area contributed by atoms with E-state index in [1.165, 1.54) is 5.56 Å². The van der Waals surface area contributed by atoms with Gasteiger partial charge in [-0.3, -0.25) is 4.99 Å². The molecule has 0 aliphatic rings. The molecule has 0 bridgehead atoms. The number of nitrogens with one attached hydrogen (secondary N) is 2. The van der Waals surface area contributed by atoms with Crippen LogP contribution in [0.3, 0.4) is 0 Å². The van der Waals surface area contributed by atoms with Crippen LogP contribution in [0.25, 0.3) is 0 Å². The number of nitrogens with zero attached hydrogens (tertiary/aromatic N) is 2. The Bertz CT molecular complexity index is 428. The Morgan fingerprint density at radius 3 is 2.50 bits per heavy atom. The first-order valence-corrected chi connectivity index (χ1v) is 7.40. The van der Waals surface area contributed by atoms with Crippen LogP contribution in [0.1, 0.15) is 5.56 Å². The van der Waals surface area contributed by atoms with Crippen LogP contribution >= 0.6 is 35.6 Å². The van der Waals surface area contributed by atoms with Crippen LogP contribution in [0.4, 0.5) is 0 Å². The van der Waals surface area contributed by atoms with Crippen LogP contribution in [-0.4, -0.2) is 58.3 Å². The van der Waals surface area contributed by atoms with E-state index in [0.29, 0.717) is 0 Å². The molecule has 0 aliphatic carbocycles. The standard InChI is InChI=1S/C15H25ClN4O.HI/c1-17-15(18-8-9-20(2)10-11-21-3)19-12-13-4-6-14(16)7-5-13;/h4-7H,8-12H2,1-3H3,(H2,17,18,19);1H. The molecule has 7 heteroatoms. The summed E-state index contributed by atoms with van der Waals surface area (Å²) in [4.78, 5) is 6.42. The Kier molecular flexibility index (Phi) is 12.6. The molecule has 1 aromatic carbocycles. The van der Waals surface area contributed by atoms with Gasteiger partial charge in [0.1, 0.15) is 0 Å². The summed E-state index contributed by atoms with van der Waals surface area (Å²) in [7, 11) is 5.56. The zero-order chi connectivity index (χ0) is 15.5. The largest absolute Gasteiger partial charge is 0.383 e. The maximum atomic E-state index is 5.87. The van der Waals surface area contributed by atoms with Gasteiger partial charge in [0.05, 0.1) is 6.61 Å². The van der Waals surface area contributed by atoms with Crippen molar-refractivity contribution < 1.29 is 4.74 Å². The Morgan fingerprint density at radius 1 is 1.23 bits per heavy atom. The van der Waals surface area contributed by atoms with Crippen molar-refractivity contribution in [3.05, 3.63) is 34.9 Å². The van der Waals surface area contributed by atoms with Gasteiger partial charge < -0.3 is 20.3 Å². The molecule has 0 amide bonds. The highest BCUT2D eigenvalue weighted by Gasteiger charge is 2.00. The summed E-state index contributed by atoms with van der Waals surface area (Å²) in [6.07, 6.45) is 0. The Hall–Kier alpha value is -0.570. The molecule has 5 nitrogen and oxygen atoms in total. The smallest absolute Gasteiger partial charge is 0.191 e. The summed E-state index contributed by atoms with van der Waals surface area (Å²) < 4.78 is 5.05. The van der Waals surface area contributed by atoms with Gasteiger partial charge in [0.2, 0.25) is 0 Å². The first kappa shape index (κ1) is 21.4. The molecule has 0 saturated carbocycles. The second-order valence-electron chi connectivity index (χ2n) is 4.78. The molecule has 126 valence electrons. The molecular weight excluding hydrogens is 415 g/mol. The van der Waals surface area contributed by atoms with Crippen molar-refractivity contribution in [3.63, 3.8) is 0 Å². The predicted octanol–water partition coefficient (Wildman–Crippen LogP) is 2.20. The molecule has 0 atom stereocenters. The van der Waals surface area contributed by atoms with Crippen molar-refractivity contribution in [2.75, 3.05) is 47.4 Å². The van der Waals surface area contributed by atoms with Gasteiger partial charge in [-0.15, -0.1) is 24.0 Å². The number of aliphatic imine (C=N–C) groups is 1. The third-order valence-corrected chi connectivity index (χ3v) is 3.31. The number of guanidine groups is 1. The van der Waals surface area contributed by atoms with Gasteiger partial charge in [-0.25, -0.2) is 0 Å². The first-order chi connectivity index (χ1) is 10.2. The van der Waals surface area contributed by atoms with Crippen molar-refractivity contribution >= 4 is 41.5 Å². The molecule has 2 N–H and O–H groups in total. The van der Waals surface area contributed by atoms with Gasteiger partial charge in [-0.1, -0.05) is 23.7 Å². The van der Waals surface area contributed by atoms with E-state index in [9.17, 15) is 0 Å². The summed E-state index contributed by atoms with van der Waals surface area (Å²) in [5, 5.41) is 7.31. The Labute approximate surface area is 155 Å². The normalized spacial score (nSPS) is 11.2. The van der Waals surface area contributed by atoms with Crippen molar-refractivity contribution in [2.24, 2.45) is 4.99 Å². The van der Waals surface area contributed by atoms with E-state index in [2.05, 4.69) is 27.6 Å². The number of hydrogen-bond donors (Lipinski definition) is 2. The topological polar surface area (TPSA) is 48.9 Å². The van der Waals surface area contributed by atoms with Gasteiger partial charge in [-0.05, 0) is 24.7 Å². The first-order valence-electron chi connectivity index (χ1n) is 7.02. The molecule has 0 heterocycles. The maximum absolute atomic E-state index is 5.87. The SMILES string of the molecule is CN=C(NCCN(C)CCOC)NCc1ccc(Cl)cc1.I. The monoisotopic (exact) mass is 440 g/mol. The summed E-state index contributed by atoms with van der Waals surface area (Å²) in [6, 6.07) is 7.78. The van der Waals surface area contributed by atoms with Crippen LogP contribution < -0.4 is 10.6 Å². The lowest BCUT2D eigenvalue weighted by Crippen LogP contribution is -2.41. The molecule has 0 fully saturated rings. The molecular formula is C15H26ClIN4O. The number of hydrogen-bond acceptors (Lipinski definition) is 3. The van der Waals surface area contributed by atoms with Crippen molar-refractivity contribution in [1.29, 1.82) is 0 Å². The van der Waals surface area contributed by atoms with Gasteiger partial charge in [0.15, 0.2) is 5.96 Å². The summed E-state index contributed by atoms with van der Waals surface area (Å²) in [6.45, 7) is 4.16. The Morgan fingerprint density at radius 2 is 1.91 bits per heavy atom. The molecule has 0 unspecified atom stereocenters. The fourth-order valence-corrected chi connectivity index (χ4v) is 1.86. The number of rotatable bonds is 8. The van der Waals surface area contributed by atoms with E-state index in [-0.39, 0.29) is 24.0 Å². The fourth-order valence-electron chi connectivity index (χ4n) is 1.73. The van der Waals surface area contributed by atoms with E-state index in [0.717, 1.165) is 43.8 Å². The molecule has 1 rings (SSSR count). The van der Waals surface area contributed by atoms with E-state index in [1.54, 1.807) is 14.2 Å². The van der Waals surface area contributed by atoms with Crippen LogP contribution in [0.2, 0.25) is 5.02 Å². The van der Waals surface area contributed by atoms with Gasteiger partial charge in [0, 0.05) is 45.4 Å². The molecule has 22 heavy (non-hydrogen) atoms. The molecule has 1 aromatic rings. The summed E-state index contributed by atoms with van der Waals surface area (Å²) in [5.41, 5.74) is 1.17.